The van der Waals surface area contributed by atoms with Gasteiger partial charge in [0.15, 0.2) is 0 Å². The molecule has 1 amide bonds. The monoisotopic (exact) mass is 633 g/mol. The van der Waals surface area contributed by atoms with E-state index < -0.39 is 42.1 Å². The zero-order chi connectivity index (χ0) is 31.3. The van der Waals surface area contributed by atoms with E-state index in [0.29, 0.717) is 38.7 Å². The molecule has 1 heterocycles. The van der Waals surface area contributed by atoms with Crippen LogP contribution in [0.5, 0.6) is 0 Å². The number of hydrogen-bond donors (Lipinski definition) is 4. The van der Waals surface area contributed by atoms with E-state index >= 15 is 0 Å². The van der Waals surface area contributed by atoms with E-state index in [1.165, 1.54) is 24.3 Å². The quantitative estimate of drug-likeness (QED) is 0.129. The standard InChI is InChI=1S/C33H33ClF2N2O5.Na/c1-19(2)38-28(15-14-26(39)17-27(40)18-29(41)42)30(20-6-10-23(35)11-7-20)31(21-8-12-24(36)13-9-21)32(38)33(43)37-25-5-3-4-22(34)16-25;/h3-13,16,19,26-27,39-40H,14-15,17-18H2,1-2H3,(H,37,43)(H,41,42);/t26-,27-;/m1./s1. The number of carboxylic acids is 1. The van der Waals surface area contributed by atoms with Gasteiger partial charge in [0.05, 0.1) is 18.6 Å². The molecule has 0 spiro atoms. The molecule has 4 N–H and O–H groups in total. The summed E-state index contributed by atoms with van der Waals surface area (Å²) in [6.45, 7) is 3.80. The average molecular weight is 634 g/mol. The van der Waals surface area contributed by atoms with E-state index in [4.69, 9.17) is 16.7 Å². The molecule has 0 fully saturated rings. The molecule has 44 heavy (non-hydrogen) atoms. The van der Waals surface area contributed by atoms with E-state index in [0.717, 1.165) is 0 Å². The Balaban J connectivity index is 0.00000529. The number of aliphatic hydroxyl groups excluding tert-OH is 2. The Morgan fingerprint density at radius 1 is 0.886 bits per heavy atom. The molecular formula is C33H33ClF2N2NaO5. The van der Waals surface area contributed by atoms with Crippen LogP contribution in [0, 0.1) is 11.6 Å². The fourth-order valence-corrected chi connectivity index (χ4v) is 5.47. The van der Waals surface area contributed by atoms with Crippen LogP contribution in [0.2, 0.25) is 5.02 Å². The first kappa shape index (κ1) is 35.4. The molecule has 0 bridgehead atoms. The van der Waals surface area contributed by atoms with Crippen molar-refractivity contribution in [1.29, 1.82) is 0 Å². The normalized spacial score (nSPS) is 12.5. The number of halogens is 3. The maximum absolute atomic E-state index is 14.1. The number of hydrogen-bond acceptors (Lipinski definition) is 4. The van der Waals surface area contributed by atoms with Crippen LogP contribution in [0.25, 0.3) is 22.3 Å². The van der Waals surface area contributed by atoms with Crippen LogP contribution in [0.3, 0.4) is 0 Å². The first-order valence-electron chi connectivity index (χ1n) is 13.9. The molecule has 0 aliphatic carbocycles. The second kappa shape index (κ2) is 15.8. The van der Waals surface area contributed by atoms with Gasteiger partial charge in [-0.05, 0) is 86.7 Å². The molecule has 1 aromatic heterocycles. The Morgan fingerprint density at radius 3 is 1.98 bits per heavy atom. The fourth-order valence-electron chi connectivity index (χ4n) is 5.28. The first-order chi connectivity index (χ1) is 20.4. The van der Waals surface area contributed by atoms with Gasteiger partial charge in [-0.3, -0.25) is 9.59 Å². The molecule has 0 aliphatic heterocycles. The third kappa shape index (κ3) is 8.78. The van der Waals surface area contributed by atoms with E-state index in [2.05, 4.69) is 5.32 Å². The minimum Gasteiger partial charge on any atom is -0.481 e. The number of aromatic nitrogens is 1. The van der Waals surface area contributed by atoms with E-state index in [1.54, 1.807) is 48.5 Å². The van der Waals surface area contributed by atoms with Crippen molar-refractivity contribution in [3.05, 3.63) is 101 Å². The smallest absolute Gasteiger partial charge is 0.305 e. The van der Waals surface area contributed by atoms with Gasteiger partial charge in [0.25, 0.3) is 5.91 Å². The number of nitrogens with zero attached hydrogens (tertiary/aromatic N) is 1. The maximum Gasteiger partial charge on any atom is 0.305 e. The number of benzene rings is 3. The van der Waals surface area contributed by atoms with Crippen LogP contribution >= 0.6 is 11.6 Å². The summed E-state index contributed by atoms with van der Waals surface area (Å²) in [6.07, 6.45) is -2.54. The molecule has 4 aromatic rings. The van der Waals surface area contributed by atoms with Gasteiger partial charge in [-0.25, -0.2) is 8.78 Å². The first-order valence-corrected chi connectivity index (χ1v) is 14.3. The second-order valence-electron chi connectivity index (χ2n) is 10.7. The number of anilines is 1. The van der Waals surface area contributed by atoms with Gasteiger partial charge >= 0.3 is 5.97 Å². The summed E-state index contributed by atoms with van der Waals surface area (Å²) >= 11 is 6.16. The SMILES string of the molecule is CC(C)n1c(CC[C@@H](O)C[C@@H](O)CC(=O)O)c(-c2ccc(F)cc2)c(-c2ccc(F)cc2)c1C(=O)Nc1cccc(Cl)c1.[Na]. The minimum atomic E-state index is -1.23. The summed E-state index contributed by atoms with van der Waals surface area (Å²) in [5.41, 5.74) is 3.65. The van der Waals surface area contributed by atoms with Crippen LogP contribution in [0.15, 0.2) is 72.8 Å². The van der Waals surface area contributed by atoms with Gasteiger partial charge in [-0.1, -0.05) is 41.9 Å². The van der Waals surface area contributed by atoms with E-state index in [9.17, 15) is 28.6 Å². The summed E-state index contributed by atoms with van der Waals surface area (Å²) in [4.78, 5) is 25.1. The molecule has 3 aromatic carbocycles. The molecule has 2 atom stereocenters. The number of aliphatic carboxylic acids is 1. The molecule has 11 heteroatoms. The molecular weight excluding hydrogens is 601 g/mol. The molecule has 7 nitrogen and oxygen atoms in total. The Labute approximate surface area is 281 Å². The van der Waals surface area contributed by atoms with Crippen LogP contribution in [-0.4, -0.2) is 73.5 Å². The fraction of sp³-hybridized carbons (Fsp3) is 0.273. The number of carboxylic acid groups (broad SMARTS) is 1. The van der Waals surface area contributed by atoms with Gasteiger partial charge < -0.3 is 25.2 Å². The Kier molecular flexibility index (Phi) is 12.7. The number of nitrogens with one attached hydrogen (secondary N) is 1. The van der Waals surface area contributed by atoms with Crippen molar-refractivity contribution >= 4 is 58.7 Å². The zero-order valence-electron chi connectivity index (χ0n) is 24.7. The minimum absolute atomic E-state index is 0. The van der Waals surface area contributed by atoms with E-state index in [1.807, 2.05) is 18.4 Å². The van der Waals surface area contributed by atoms with Crippen molar-refractivity contribution in [2.75, 3.05) is 5.32 Å². The summed E-state index contributed by atoms with van der Waals surface area (Å²) in [6, 6.07) is 18.0. The van der Waals surface area contributed by atoms with Crippen LogP contribution < -0.4 is 5.32 Å². The molecule has 1 radical (unpaired) electrons. The van der Waals surface area contributed by atoms with Crippen molar-refractivity contribution in [3.8, 4) is 22.3 Å². The summed E-state index contributed by atoms with van der Waals surface area (Å²) in [5.74, 6) is -2.53. The Hall–Kier alpha value is -3.05. The predicted molar refractivity (Wildman–Crippen MR) is 168 cm³/mol. The largest absolute Gasteiger partial charge is 0.481 e. The van der Waals surface area contributed by atoms with Crippen molar-refractivity contribution < 1.29 is 33.7 Å². The molecule has 0 saturated carbocycles. The molecule has 0 unspecified atom stereocenters. The van der Waals surface area contributed by atoms with Gasteiger partial charge in [0.2, 0.25) is 0 Å². The van der Waals surface area contributed by atoms with Gasteiger partial charge in [0, 0.05) is 63.1 Å². The van der Waals surface area contributed by atoms with Gasteiger partial charge in [-0.2, -0.15) is 0 Å². The molecule has 0 saturated heterocycles. The molecule has 4 rings (SSSR count). The number of carbonyl (C=O) groups excluding carboxylic acids is 1. The van der Waals surface area contributed by atoms with Crippen molar-refractivity contribution in [2.24, 2.45) is 0 Å². The maximum atomic E-state index is 14.1. The Morgan fingerprint density at radius 2 is 1.45 bits per heavy atom. The van der Waals surface area contributed by atoms with Gasteiger partial charge in [0.1, 0.15) is 17.3 Å². The van der Waals surface area contributed by atoms with Crippen LogP contribution in [0.1, 0.15) is 55.3 Å². The third-order valence-corrected chi connectivity index (χ3v) is 7.29. The summed E-state index contributed by atoms with van der Waals surface area (Å²) in [7, 11) is 0. The number of carbonyl (C=O) groups is 2. The number of rotatable bonds is 12. The molecule has 0 aliphatic rings. The van der Waals surface area contributed by atoms with E-state index in [-0.39, 0.29) is 60.6 Å². The zero-order valence-corrected chi connectivity index (χ0v) is 27.5. The van der Waals surface area contributed by atoms with Crippen molar-refractivity contribution in [3.63, 3.8) is 0 Å². The average Bonchev–Trinajstić information content (AvgIpc) is 3.28. The number of amides is 1. The van der Waals surface area contributed by atoms with Crippen molar-refractivity contribution in [1.82, 2.24) is 4.57 Å². The molecule has 227 valence electrons. The summed E-state index contributed by atoms with van der Waals surface area (Å²) < 4.78 is 29.9. The third-order valence-electron chi connectivity index (χ3n) is 7.06. The predicted octanol–water partition coefficient (Wildman–Crippen LogP) is 6.73. The summed E-state index contributed by atoms with van der Waals surface area (Å²) in [5, 5.41) is 33.1. The van der Waals surface area contributed by atoms with Crippen LogP contribution in [-0.2, 0) is 11.2 Å². The Bertz CT molecular complexity index is 1590. The van der Waals surface area contributed by atoms with Crippen molar-refractivity contribution in [2.45, 2.75) is 57.8 Å². The van der Waals surface area contributed by atoms with Crippen LogP contribution in [0.4, 0.5) is 14.5 Å². The second-order valence-corrected chi connectivity index (χ2v) is 11.1. The number of aliphatic hydroxyl groups is 2. The van der Waals surface area contributed by atoms with Gasteiger partial charge in [-0.15, -0.1) is 0 Å². The topological polar surface area (TPSA) is 112 Å².